The van der Waals surface area contributed by atoms with Gasteiger partial charge in [-0.05, 0) is 18.8 Å². The monoisotopic (exact) mass is 258 g/mol. The maximum atomic E-state index is 11.7. The van der Waals surface area contributed by atoms with Crippen molar-refractivity contribution in [2.45, 2.75) is 31.7 Å². The van der Waals surface area contributed by atoms with Crippen molar-refractivity contribution in [3.05, 3.63) is 0 Å². The van der Waals surface area contributed by atoms with Crippen LogP contribution in [0.2, 0.25) is 0 Å². The lowest BCUT2D eigenvalue weighted by molar-refractivity contribution is -0.145. The van der Waals surface area contributed by atoms with Crippen LogP contribution in [0.3, 0.4) is 0 Å². The molecule has 0 aromatic heterocycles. The first-order valence-electron chi connectivity index (χ1n) is 5.86. The molecule has 2 amide bonds. The number of hydrogen-bond acceptors (Lipinski definition) is 3. The van der Waals surface area contributed by atoms with Crippen LogP contribution in [0.15, 0.2) is 0 Å². The zero-order valence-corrected chi connectivity index (χ0v) is 10.3. The fourth-order valence-corrected chi connectivity index (χ4v) is 1.78. The summed E-state index contributed by atoms with van der Waals surface area (Å²) < 4.78 is 0. The summed E-state index contributed by atoms with van der Waals surface area (Å²) in [5.41, 5.74) is 0. The van der Waals surface area contributed by atoms with Gasteiger partial charge < -0.3 is 20.4 Å². The lowest BCUT2D eigenvalue weighted by Crippen LogP contribution is -2.48. The molecule has 0 bridgehead atoms. The van der Waals surface area contributed by atoms with Gasteiger partial charge in [-0.25, -0.2) is 9.59 Å². The predicted molar refractivity (Wildman–Crippen MR) is 62.2 cm³/mol. The molecule has 1 saturated carbocycles. The molecule has 1 atom stereocenters. The van der Waals surface area contributed by atoms with E-state index in [4.69, 9.17) is 10.2 Å². The van der Waals surface area contributed by atoms with Gasteiger partial charge in [0.15, 0.2) is 0 Å². The Balaban J connectivity index is 2.43. The third-order valence-corrected chi connectivity index (χ3v) is 3.08. The van der Waals surface area contributed by atoms with E-state index in [9.17, 15) is 14.4 Å². The number of hydrogen-bond donors (Lipinski definition) is 3. The molecule has 0 aliphatic heterocycles. The van der Waals surface area contributed by atoms with Crippen molar-refractivity contribution >= 4 is 18.0 Å². The zero-order chi connectivity index (χ0) is 13.7. The molecule has 102 valence electrons. The van der Waals surface area contributed by atoms with Crippen molar-refractivity contribution in [1.82, 2.24) is 10.2 Å². The number of aliphatic carboxylic acids is 2. The Labute approximate surface area is 105 Å². The molecule has 1 rings (SSSR count). The third-order valence-electron chi connectivity index (χ3n) is 3.08. The summed E-state index contributed by atoms with van der Waals surface area (Å²) in [4.78, 5) is 34.3. The molecule has 0 spiro atoms. The molecular formula is C11H18N2O5. The first-order chi connectivity index (χ1) is 8.40. The summed E-state index contributed by atoms with van der Waals surface area (Å²) in [7, 11) is 1.58. The van der Waals surface area contributed by atoms with E-state index in [0.29, 0.717) is 12.5 Å². The summed E-state index contributed by atoms with van der Waals surface area (Å²) in [6, 6.07) is -1.94. The lowest BCUT2D eigenvalue weighted by Gasteiger charge is -2.30. The molecule has 1 aliphatic rings. The summed E-state index contributed by atoms with van der Waals surface area (Å²) >= 11 is 0. The van der Waals surface area contributed by atoms with Crippen LogP contribution < -0.4 is 5.32 Å². The standard InChI is InChI=1S/C11H18N2O5/c1-13(6-7-3-2-4-7)11(18)12-8(10(16)17)5-9(14)15/h7-8H,2-6H2,1H3,(H,12,18)(H,14,15)(H,16,17)/t8-/m0/s1. The predicted octanol–water partition coefficient (Wildman–Crippen LogP) is 0.356. The number of nitrogens with zero attached hydrogens (tertiary/aromatic N) is 1. The SMILES string of the molecule is CN(CC1CCC1)C(=O)N[C@@H](CC(=O)O)C(=O)O. The molecule has 0 saturated heterocycles. The third kappa shape index (κ3) is 4.23. The van der Waals surface area contributed by atoms with Crippen molar-refractivity contribution in [2.24, 2.45) is 5.92 Å². The van der Waals surface area contributed by atoms with Gasteiger partial charge in [-0.3, -0.25) is 4.79 Å². The van der Waals surface area contributed by atoms with Crippen molar-refractivity contribution in [2.75, 3.05) is 13.6 Å². The molecule has 3 N–H and O–H groups in total. The number of rotatable bonds is 6. The van der Waals surface area contributed by atoms with E-state index in [1.54, 1.807) is 7.05 Å². The fraction of sp³-hybridized carbons (Fsp3) is 0.727. The van der Waals surface area contributed by atoms with Gasteiger partial charge in [-0.2, -0.15) is 0 Å². The van der Waals surface area contributed by atoms with Crippen LogP contribution in [0.1, 0.15) is 25.7 Å². The number of urea groups is 1. The molecule has 0 aromatic rings. The summed E-state index contributed by atoms with van der Waals surface area (Å²) in [6.45, 7) is 0.575. The second-order valence-corrected chi connectivity index (χ2v) is 4.62. The fourth-order valence-electron chi connectivity index (χ4n) is 1.78. The van der Waals surface area contributed by atoms with Gasteiger partial charge in [0.25, 0.3) is 0 Å². The highest BCUT2D eigenvalue weighted by Crippen LogP contribution is 2.26. The van der Waals surface area contributed by atoms with Crippen molar-refractivity contribution in [3.8, 4) is 0 Å². The van der Waals surface area contributed by atoms with Crippen molar-refractivity contribution in [3.63, 3.8) is 0 Å². The Morgan fingerprint density at radius 2 is 1.94 bits per heavy atom. The minimum absolute atomic E-state index is 0.475. The highest BCUT2D eigenvalue weighted by Gasteiger charge is 2.26. The molecule has 18 heavy (non-hydrogen) atoms. The Morgan fingerprint density at radius 3 is 2.33 bits per heavy atom. The molecular weight excluding hydrogens is 240 g/mol. The number of nitrogens with one attached hydrogen (secondary N) is 1. The van der Waals surface area contributed by atoms with Gasteiger partial charge in [0.05, 0.1) is 6.42 Å². The second-order valence-electron chi connectivity index (χ2n) is 4.62. The first kappa shape index (κ1) is 14.3. The van der Waals surface area contributed by atoms with Gasteiger partial charge in [0.2, 0.25) is 0 Å². The zero-order valence-electron chi connectivity index (χ0n) is 10.3. The maximum Gasteiger partial charge on any atom is 0.326 e. The van der Waals surface area contributed by atoms with Gasteiger partial charge >= 0.3 is 18.0 Å². The normalized spacial score (nSPS) is 16.5. The molecule has 0 heterocycles. The lowest BCUT2D eigenvalue weighted by atomic mass is 9.85. The Kier molecular flexibility index (Phi) is 4.94. The topological polar surface area (TPSA) is 107 Å². The largest absolute Gasteiger partial charge is 0.481 e. The number of carbonyl (C=O) groups is 3. The minimum Gasteiger partial charge on any atom is -0.481 e. The molecule has 1 fully saturated rings. The molecule has 1 aliphatic carbocycles. The van der Waals surface area contributed by atoms with Crippen LogP contribution in [-0.4, -0.2) is 52.7 Å². The highest BCUT2D eigenvalue weighted by atomic mass is 16.4. The van der Waals surface area contributed by atoms with Gasteiger partial charge in [-0.1, -0.05) is 6.42 Å². The number of carbonyl (C=O) groups excluding carboxylic acids is 1. The quantitative estimate of drug-likeness (QED) is 0.637. The Bertz CT molecular complexity index is 340. The van der Waals surface area contributed by atoms with Crippen LogP contribution in [-0.2, 0) is 9.59 Å². The number of carboxylic acids is 2. The summed E-state index contributed by atoms with van der Waals surface area (Å²) in [5, 5.41) is 19.6. The van der Waals surface area contributed by atoms with Crippen LogP contribution in [0.5, 0.6) is 0 Å². The average molecular weight is 258 g/mol. The molecule has 7 nitrogen and oxygen atoms in total. The molecule has 0 unspecified atom stereocenters. The van der Waals surface area contributed by atoms with E-state index in [1.165, 1.54) is 4.90 Å². The maximum absolute atomic E-state index is 11.7. The van der Waals surface area contributed by atoms with E-state index in [-0.39, 0.29) is 0 Å². The minimum atomic E-state index is -1.39. The highest BCUT2D eigenvalue weighted by molar-refractivity contribution is 5.86. The smallest absolute Gasteiger partial charge is 0.326 e. The Hall–Kier alpha value is -1.79. The van der Waals surface area contributed by atoms with Gasteiger partial charge in [0.1, 0.15) is 6.04 Å². The van der Waals surface area contributed by atoms with E-state index in [1.807, 2.05) is 0 Å². The van der Waals surface area contributed by atoms with Gasteiger partial charge in [0, 0.05) is 13.6 Å². The van der Waals surface area contributed by atoms with E-state index >= 15 is 0 Å². The van der Waals surface area contributed by atoms with Crippen LogP contribution >= 0.6 is 0 Å². The Morgan fingerprint density at radius 1 is 1.33 bits per heavy atom. The van der Waals surface area contributed by atoms with E-state index in [0.717, 1.165) is 19.3 Å². The van der Waals surface area contributed by atoms with Crippen LogP contribution in [0, 0.1) is 5.92 Å². The van der Waals surface area contributed by atoms with Crippen molar-refractivity contribution < 1.29 is 24.6 Å². The second kappa shape index (κ2) is 6.23. The first-order valence-corrected chi connectivity index (χ1v) is 5.86. The van der Waals surface area contributed by atoms with Crippen molar-refractivity contribution in [1.29, 1.82) is 0 Å². The van der Waals surface area contributed by atoms with E-state index < -0.39 is 30.4 Å². The summed E-state index contributed by atoms with van der Waals surface area (Å²) in [5.74, 6) is -2.13. The van der Waals surface area contributed by atoms with Crippen LogP contribution in [0.25, 0.3) is 0 Å². The van der Waals surface area contributed by atoms with E-state index in [2.05, 4.69) is 5.32 Å². The summed E-state index contributed by atoms with van der Waals surface area (Å²) in [6.07, 6.45) is 2.69. The van der Waals surface area contributed by atoms with Gasteiger partial charge in [-0.15, -0.1) is 0 Å². The average Bonchev–Trinajstić information content (AvgIpc) is 2.21. The number of carboxylic acid groups (broad SMARTS) is 2. The molecule has 0 radical (unpaired) electrons. The number of amides is 2. The molecule has 0 aromatic carbocycles. The molecule has 7 heteroatoms. The van der Waals surface area contributed by atoms with Crippen LogP contribution in [0.4, 0.5) is 4.79 Å².